The summed E-state index contributed by atoms with van der Waals surface area (Å²) in [7, 11) is 1.61. The van der Waals surface area contributed by atoms with Crippen molar-refractivity contribution in [3.8, 4) is 5.88 Å². The normalized spacial score (nSPS) is 17.5. The van der Waals surface area contributed by atoms with Crippen LogP contribution in [0.15, 0.2) is 36.9 Å². The Hall–Kier alpha value is -3.44. The molecule has 0 bridgehead atoms. The predicted octanol–water partition coefficient (Wildman–Crippen LogP) is 2.68. The average Bonchev–Trinajstić information content (AvgIpc) is 3.10. The number of ether oxygens (including phenoxy) is 1. The van der Waals surface area contributed by atoms with Crippen molar-refractivity contribution in [2.75, 3.05) is 25.1 Å². The van der Waals surface area contributed by atoms with Crippen molar-refractivity contribution in [2.45, 2.75) is 43.9 Å². The summed E-state index contributed by atoms with van der Waals surface area (Å²) in [5.41, 5.74) is 1.10. The Balaban J connectivity index is 0.000000383. The maximum atomic E-state index is 12.5. The highest BCUT2D eigenvalue weighted by Gasteiger charge is 2.46. The number of rotatable bonds is 4. The van der Waals surface area contributed by atoms with E-state index in [0.717, 1.165) is 43.7 Å². The van der Waals surface area contributed by atoms with E-state index in [2.05, 4.69) is 24.8 Å². The first-order chi connectivity index (χ1) is 15.6. The third-order valence-electron chi connectivity index (χ3n) is 5.87. The number of halogens is 3. The molecular weight excluding hydrogens is 443 g/mol. The molecule has 2 fully saturated rings. The minimum atomic E-state index is -5.08. The molecular formula is C21H24F3N5O4. The number of aromatic nitrogens is 3. The number of carbonyl (C=O) groups is 2. The van der Waals surface area contributed by atoms with Crippen molar-refractivity contribution in [3.63, 3.8) is 0 Å². The van der Waals surface area contributed by atoms with Gasteiger partial charge in [0.15, 0.2) is 0 Å². The lowest BCUT2D eigenvalue weighted by Crippen LogP contribution is -2.53. The Morgan fingerprint density at radius 1 is 1.18 bits per heavy atom. The molecule has 1 N–H and O–H groups in total. The van der Waals surface area contributed by atoms with Crippen LogP contribution < -0.4 is 9.64 Å². The maximum Gasteiger partial charge on any atom is 0.490 e. The van der Waals surface area contributed by atoms with Crippen LogP contribution in [0.3, 0.4) is 0 Å². The van der Waals surface area contributed by atoms with Crippen LogP contribution in [-0.4, -0.2) is 68.7 Å². The molecule has 2 aromatic rings. The Kier molecular flexibility index (Phi) is 7.34. The van der Waals surface area contributed by atoms with Gasteiger partial charge in [0, 0.05) is 50.1 Å². The van der Waals surface area contributed by atoms with Gasteiger partial charge in [-0.25, -0.2) is 14.8 Å². The summed E-state index contributed by atoms with van der Waals surface area (Å²) in [6.07, 6.45) is 3.52. The zero-order valence-corrected chi connectivity index (χ0v) is 18.0. The summed E-state index contributed by atoms with van der Waals surface area (Å²) in [5.74, 6) is -1.03. The zero-order chi connectivity index (χ0) is 24.1. The summed E-state index contributed by atoms with van der Waals surface area (Å²) in [4.78, 5) is 38.3. The van der Waals surface area contributed by atoms with E-state index < -0.39 is 12.1 Å². The number of carbonyl (C=O) groups excluding carboxylic acids is 1. The summed E-state index contributed by atoms with van der Waals surface area (Å²) < 4.78 is 36.9. The Morgan fingerprint density at radius 2 is 1.82 bits per heavy atom. The zero-order valence-electron chi connectivity index (χ0n) is 18.0. The second kappa shape index (κ2) is 10.0. The van der Waals surface area contributed by atoms with E-state index in [0.29, 0.717) is 18.8 Å². The lowest BCUT2D eigenvalue weighted by Gasteiger charge is -2.45. The van der Waals surface area contributed by atoms with Crippen LogP contribution in [0.4, 0.5) is 19.0 Å². The molecule has 2 aromatic heterocycles. The van der Waals surface area contributed by atoms with Crippen LogP contribution in [0.25, 0.3) is 0 Å². The Bertz CT molecular complexity index is 966. The van der Waals surface area contributed by atoms with Crippen LogP contribution in [0.5, 0.6) is 5.88 Å². The molecule has 33 heavy (non-hydrogen) atoms. The monoisotopic (exact) mass is 467 g/mol. The highest BCUT2D eigenvalue weighted by Crippen LogP contribution is 2.40. The number of likely N-dealkylation sites (tertiary alicyclic amines) is 1. The lowest BCUT2D eigenvalue weighted by molar-refractivity contribution is -0.192. The number of anilines is 1. The Morgan fingerprint density at radius 3 is 2.39 bits per heavy atom. The fourth-order valence-corrected chi connectivity index (χ4v) is 4.09. The molecule has 0 atom stereocenters. The standard InChI is InChI=1S/C19H23N5O2.C2HF3O2/c1-26-17-12-16(21-14-22-17)23-10-6-19(7-11-23)5-2-18(25)24(19)13-15-3-8-20-9-4-15;3-2(4,5)1(6)7/h3-4,8-9,12,14H,2,5-7,10-11,13H2,1H3;(H,6,7). The summed E-state index contributed by atoms with van der Waals surface area (Å²) in [6.45, 7) is 2.42. The molecule has 0 unspecified atom stereocenters. The van der Waals surface area contributed by atoms with Crippen LogP contribution >= 0.6 is 0 Å². The molecule has 4 heterocycles. The predicted molar refractivity (Wildman–Crippen MR) is 110 cm³/mol. The highest BCUT2D eigenvalue weighted by molar-refractivity contribution is 5.80. The van der Waals surface area contributed by atoms with E-state index in [1.807, 2.05) is 18.2 Å². The second-order valence-electron chi connectivity index (χ2n) is 7.77. The van der Waals surface area contributed by atoms with Gasteiger partial charge in [-0.15, -0.1) is 0 Å². The number of alkyl halides is 3. The Labute approximate surface area is 188 Å². The molecule has 1 amide bonds. The number of carboxylic acids is 1. The molecule has 0 radical (unpaired) electrons. The molecule has 0 saturated carbocycles. The van der Waals surface area contributed by atoms with Crippen molar-refractivity contribution in [3.05, 3.63) is 42.5 Å². The number of hydrogen-bond acceptors (Lipinski definition) is 7. The number of pyridine rings is 1. The first kappa shape index (κ1) is 24.2. The van der Waals surface area contributed by atoms with Crippen molar-refractivity contribution in [1.29, 1.82) is 0 Å². The molecule has 4 rings (SSSR count). The van der Waals surface area contributed by atoms with Crippen molar-refractivity contribution in [2.24, 2.45) is 0 Å². The van der Waals surface area contributed by atoms with Gasteiger partial charge >= 0.3 is 12.1 Å². The number of nitrogens with zero attached hydrogens (tertiary/aromatic N) is 5. The van der Waals surface area contributed by atoms with Crippen molar-refractivity contribution < 1.29 is 32.6 Å². The van der Waals surface area contributed by atoms with E-state index in [4.69, 9.17) is 14.6 Å². The molecule has 9 nitrogen and oxygen atoms in total. The largest absolute Gasteiger partial charge is 0.490 e. The van der Waals surface area contributed by atoms with Gasteiger partial charge in [0.25, 0.3) is 0 Å². The molecule has 2 aliphatic rings. The van der Waals surface area contributed by atoms with Crippen molar-refractivity contribution >= 4 is 17.7 Å². The summed E-state index contributed by atoms with van der Waals surface area (Å²) in [6, 6.07) is 5.84. The van der Waals surface area contributed by atoms with Gasteiger partial charge in [0.05, 0.1) is 7.11 Å². The topological polar surface area (TPSA) is 109 Å². The molecule has 178 valence electrons. The smallest absolute Gasteiger partial charge is 0.481 e. The second-order valence-corrected chi connectivity index (χ2v) is 7.77. The number of methoxy groups -OCH3 is 1. The maximum absolute atomic E-state index is 12.5. The highest BCUT2D eigenvalue weighted by atomic mass is 19.4. The number of amides is 1. The fourth-order valence-electron chi connectivity index (χ4n) is 4.09. The first-order valence-electron chi connectivity index (χ1n) is 10.2. The van der Waals surface area contributed by atoms with Crippen LogP contribution in [0.1, 0.15) is 31.2 Å². The van der Waals surface area contributed by atoms with Crippen LogP contribution in [-0.2, 0) is 16.1 Å². The van der Waals surface area contributed by atoms with Crippen LogP contribution in [0.2, 0.25) is 0 Å². The third kappa shape index (κ3) is 5.88. The number of carboxylic acid groups (broad SMARTS) is 1. The van der Waals surface area contributed by atoms with Gasteiger partial charge in [-0.1, -0.05) is 0 Å². The fraction of sp³-hybridized carbons (Fsp3) is 0.476. The molecule has 2 saturated heterocycles. The van der Waals surface area contributed by atoms with Gasteiger partial charge in [-0.05, 0) is 37.0 Å². The number of hydrogen-bond donors (Lipinski definition) is 1. The first-order valence-corrected chi connectivity index (χ1v) is 10.2. The van der Waals surface area contributed by atoms with Gasteiger partial charge in [0.1, 0.15) is 12.1 Å². The van der Waals surface area contributed by atoms with E-state index in [1.165, 1.54) is 6.33 Å². The van der Waals surface area contributed by atoms with Gasteiger partial charge in [-0.3, -0.25) is 9.78 Å². The van der Waals surface area contributed by atoms with E-state index in [1.54, 1.807) is 19.5 Å². The number of piperidine rings is 1. The van der Waals surface area contributed by atoms with Crippen LogP contribution in [0, 0.1) is 0 Å². The third-order valence-corrected chi connectivity index (χ3v) is 5.87. The molecule has 12 heteroatoms. The minimum absolute atomic E-state index is 0.0338. The van der Waals surface area contributed by atoms with Gasteiger partial charge < -0.3 is 19.6 Å². The van der Waals surface area contributed by atoms with Gasteiger partial charge in [0.2, 0.25) is 11.8 Å². The summed E-state index contributed by atoms with van der Waals surface area (Å²) >= 11 is 0. The quantitative estimate of drug-likeness (QED) is 0.731. The SMILES string of the molecule is COc1cc(N2CCC3(CCC(=O)N3Cc3ccncc3)CC2)ncn1.O=C(O)C(F)(F)F. The van der Waals surface area contributed by atoms with Gasteiger partial charge in [-0.2, -0.15) is 13.2 Å². The summed E-state index contributed by atoms with van der Waals surface area (Å²) in [5, 5.41) is 7.12. The van der Waals surface area contributed by atoms with E-state index >= 15 is 0 Å². The number of aliphatic carboxylic acids is 1. The average molecular weight is 467 g/mol. The van der Waals surface area contributed by atoms with E-state index in [9.17, 15) is 18.0 Å². The van der Waals surface area contributed by atoms with E-state index in [-0.39, 0.29) is 11.4 Å². The molecule has 1 spiro atoms. The minimum Gasteiger partial charge on any atom is -0.481 e. The molecule has 0 aliphatic carbocycles. The molecule has 2 aliphatic heterocycles. The molecule has 0 aromatic carbocycles. The van der Waals surface area contributed by atoms with Crippen molar-refractivity contribution in [1.82, 2.24) is 19.9 Å². The lowest BCUT2D eigenvalue weighted by atomic mass is 9.84.